The maximum Gasteiger partial charge on any atom is 0.251 e. The van der Waals surface area contributed by atoms with Crippen molar-refractivity contribution in [3.05, 3.63) is 84.1 Å². The van der Waals surface area contributed by atoms with Crippen molar-refractivity contribution in [1.82, 2.24) is 15.1 Å². The third-order valence-electron chi connectivity index (χ3n) is 3.91. The maximum atomic E-state index is 12.5. The Bertz CT molecular complexity index is 875. The van der Waals surface area contributed by atoms with E-state index in [9.17, 15) is 9.59 Å². The molecule has 0 saturated carbocycles. The van der Waals surface area contributed by atoms with Crippen molar-refractivity contribution in [2.75, 3.05) is 5.32 Å². The van der Waals surface area contributed by atoms with Gasteiger partial charge in [0.2, 0.25) is 5.91 Å². The second kappa shape index (κ2) is 8.11. The molecule has 0 radical (unpaired) electrons. The van der Waals surface area contributed by atoms with E-state index in [-0.39, 0.29) is 18.2 Å². The molecule has 1 atom stereocenters. The van der Waals surface area contributed by atoms with Gasteiger partial charge in [-0.1, -0.05) is 48.5 Å². The number of benzene rings is 2. The van der Waals surface area contributed by atoms with Gasteiger partial charge in [-0.15, -0.1) is 0 Å². The highest BCUT2D eigenvalue weighted by molar-refractivity contribution is 5.95. The normalized spacial score (nSPS) is 11.6. The summed E-state index contributed by atoms with van der Waals surface area (Å²) in [5, 5.41) is 9.84. The SMILES string of the molecule is Cn1ccc(NC(=O)C[C@@H](NC(=O)c2ccccc2)c2ccccc2)n1. The van der Waals surface area contributed by atoms with E-state index in [0.717, 1.165) is 5.56 Å². The highest BCUT2D eigenvalue weighted by Gasteiger charge is 2.19. The Balaban J connectivity index is 1.73. The summed E-state index contributed by atoms with van der Waals surface area (Å²) < 4.78 is 1.61. The van der Waals surface area contributed by atoms with Gasteiger partial charge < -0.3 is 10.6 Å². The van der Waals surface area contributed by atoms with Gasteiger partial charge in [0, 0.05) is 24.9 Å². The number of aromatic nitrogens is 2. The van der Waals surface area contributed by atoms with Crippen molar-refractivity contribution in [1.29, 1.82) is 0 Å². The molecule has 26 heavy (non-hydrogen) atoms. The van der Waals surface area contributed by atoms with Crippen molar-refractivity contribution >= 4 is 17.6 Å². The fourth-order valence-corrected chi connectivity index (χ4v) is 2.63. The summed E-state index contributed by atoms with van der Waals surface area (Å²) in [7, 11) is 1.78. The average Bonchev–Trinajstić information content (AvgIpc) is 3.07. The molecule has 132 valence electrons. The van der Waals surface area contributed by atoms with Crippen LogP contribution >= 0.6 is 0 Å². The van der Waals surface area contributed by atoms with Gasteiger partial charge in [0.15, 0.2) is 5.82 Å². The number of hydrogen-bond donors (Lipinski definition) is 2. The Labute approximate surface area is 151 Å². The van der Waals surface area contributed by atoms with E-state index in [2.05, 4.69) is 15.7 Å². The van der Waals surface area contributed by atoms with Gasteiger partial charge in [-0.3, -0.25) is 14.3 Å². The summed E-state index contributed by atoms with van der Waals surface area (Å²) in [6, 6.07) is 19.7. The lowest BCUT2D eigenvalue weighted by atomic mass is 10.0. The lowest BCUT2D eigenvalue weighted by molar-refractivity contribution is -0.116. The van der Waals surface area contributed by atoms with Crippen LogP contribution in [-0.2, 0) is 11.8 Å². The van der Waals surface area contributed by atoms with E-state index in [1.54, 1.807) is 48.3 Å². The molecule has 0 aliphatic carbocycles. The van der Waals surface area contributed by atoms with E-state index in [1.807, 2.05) is 36.4 Å². The largest absolute Gasteiger partial charge is 0.345 e. The molecule has 2 amide bonds. The van der Waals surface area contributed by atoms with E-state index >= 15 is 0 Å². The first kappa shape index (κ1) is 17.4. The van der Waals surface area contributed by atoms with Crippen LogP contribution in [0.25, 0.3) is 0 Å². The van der Waals surface area contributed by atoms with E-state index in [4.69, 9.17) is 0 Å². The molecule has 0 saturated heterocycles. The number of carbonyl (C=O) groups excluding carboxylic acids is 2. The summed E-state index contributed by atoms with van der Waals surface area (Å²) >= 11 is 0. The van der Waals surface area contributed by atoms with Crippen LogP contribution in [-0.4, -0.2) is 21.6 Å². The minimum atomic E-state index is -0.437. The van der Waals surface area contributed by atoms with Gasteiger partial charge in [0.25, 0.3) is 5.91 Å². The summed E-state index contributed by atoms with van der Waals surface area (Å²) in [4.78, 5) is 24.9. The Morgan fingerprint density at radius 1 is 1.00 bits per heavy atom. The van der Waals surface area contributed by atoms with Crippen LogP contribution in [0, 0.1) is 0 Å². The Hall–Kier alpha value is -3.41. The molecule has 0 aliphatic heterocycles. The van der Waals surface area contributed by atoms with Crippen molar-refractivity contribution in [2.24, 2.45) is 7.05 Å². The topological polar surface area (TPSA) is 76.0 Å². The summed E-state index contributed by atoms with van der Waals surface area (Å²) in [6.45, 7) is 0. The van der Waals surface area contributed by atoms with Gasteiger partial charge >= 0.3 is 0 Å². The molecular formula is C20H20N4O2. The molecule has 2 N–H and O–H groups in total. The van der Waals surface area contributed by atoms with E-state index in [1.165, 1.54) is 0 Å². The highest BCUT2D eigenvalue weighted by atomic mass is 16.2. The first-order chi connectivity index (χ1) is 12.6. The fraction of sp³-hybridized carbons (Fsp3) is 0.150. The average molecular weight is 348 g/mol. The number of aryl methyl sites for hydroxylation is 1. The molecule has 6 heteroatoms. The van der Waals surface area contributed by atoms with Crippen molar-refractivity contribution in [3.8, 4) is 0 Å². The number of carbonyl (C=O) groups is 2. The first-order valence-electron chi connectivity index (χ1n) is 8.32. The minimum Gasteiger partial charge on any atom is -0.345 e. The van der Waals surface area contributed by atoms with Crippen LogP contribution in [0.3, 0.4) is 0 Å². The van der Waals surface area contributed by atoms with Crippen molar-refractivity contribution < 1.29 is 9.59 Å². The number of rotatable bonds is 6. The maximum absolute atomic E-state index is 12.5. The highest BCUT2D eigenvalue weighted by Crippen LogP contribution is 2.18. The molecule has 3 aromatic rings. The number of hydrogen-bond acceptors (Lipinski definition) is 3. The molecular weight excluding hydrogens is 328 g/mol. The van der Waals surface area contributed by atoms with Crippen LogP contribution in [0.4, 0.5) is 5.82 Å². The Morgan fingerprint density at radius 3 is 2.27 bits per heavy atom. The molecule has 0 fully saturated rings. The minimum absolute atomic E-state index is 0.110. The molecule has 0 bridgehead atoms. The lowest BCUT2D eigenvalue weighted by Gasteiger charge is -2.19. The van der Waals surface area contributed by atoms with Crippen molar-refractivity contribution in [3.63, 3.8) is 0 Å². The molecule has 3 rings (SSSR count). The third kappa shape index (κ3) is 4.57. The van der Waals surface area contributed by atoms with Gasteiger partial charge in [0.1, 0.15) is 0 Å². The van der Waals surface area contributed by atoms with Gasteiger partial charge in [-0.05, 0) is 17.7 Å². The monoisotopic (exact) mass is 348 g/mol. The number of anilines is 1. The predicted molar refractivity (Wildman–Crippen MR) is 99.5 cm³/mol. The molecule has 2 aromatic carbocycles. The number of nitrogens with one attached hydrogen (secondary N) is 2. The Kier molecular flexibility index (Phi) is 5.43. The van der Waals surface area contributed by atoms with E-state index < -0.39 is 6.04 Å². The predicted octanol–water partition coefficient (Wildman–Crippen LogP) is 2.92. The zero-order chi connectivity index (χ0) is 18.4. The lowest BCUT2D eigenvalue weighted by Crippen LogP contribution is -2.31. The van der Waals surface area contributed by atoms with Crippen LogP contribution in [0.2, 0.25) is 0 Å². The van der Waals surface area contributed by atoms with Gasteiger partial charge in [-0.25, -0.2) is 0 Å². The summed E-state index contributed by atoms with van der Waals surface area (Å²) in [5.41, 5.74) is 1.42. The summed E-state index contributed by atoms with van der Waals surface area (Å²) in [5.74, 6) is 0.0506. The second-order valence-electron chi connectivity index (χ2n) is 5.93. The smallest absolute Gasteiger partial charge is 0.251 e. The fourth-order valence-electron chi connectivity index (χ4n) is 2.63. The van der Waals surface area contributed by atoms with E-state index in [0.29, 0.717) is 11.4 Å². The molecule has 0 aliphatic rings. The molecule has 1 aromatic heterocycles. The zero-order valence-electron chi connectivity index (χ0n) is 14.4. The van der Waals surface area contributed by atoms with Crippen LogP contribution in [0.15, 0.2) is 72.9 Å². The number of nitrogens with zero attached hydrogens (tertiary/aromatic N) is 2. The number of amides is 2. The first-order valence-corrected chi connectivity index (χ1v) is 8.32. The molecule has 6 nitrogen and oxygen atoms in total. The van der Waals surface area contributed by atoms with Crippen molar-refractivity contribution in [2.45, 2.75) is 12.5 Å². The second-order valence-corrected chi connectivity index (χ2v) is 5.93. The summed E-state index contributed by atoms with van der Waals surface area (Å²) in [6.07, 6.45) is 1.86. The molecule has 0 spiro atoms. The Morgan fingerprint density at radius 2 is 1.65 bits per heavy atom. The van der Waals surface area contributed by atoms with Crippen LogP contribution in [0.1, 0.15) is 28.4 Å². The standard InChI is InChI=1S/C20H20N4O2/c1-24-13-12-18(23-24)22-19(25)14-17(15-8-4-2-5-9-15)21-20(26)16-10-6-3-7-11-16/h2-13,17H,14H2,1H3,(H,21,26)(H,22,23,25)/t17-/m1/s1. The molecule has 0 unspecified atom stereocenters. The van der Waals surface area contributed by atoms with Gasteiger partial charge in [0.05, 0.1) is 12.5 Å². The van der Waals surface area contributed by atoms with Gasteiger partial charge in [-0.2, -0.15) is 5.10 Å². The quantitative estimate of drug-likeness (QED) is 0.719. The zero-order valence-corrected chi connectivity index (χ0v) is 14.4. The third-order valence-corrected chi connectivity index (χ3v) is 3.91. The molecule has 1 heterocycles. The van der Waals surface area contributed by atoms with Crippen LogP contribution in [0.5, 0.6) is 0 Å². The van der Waals surface area contributed by atoms with Crippen LogP contribution < -0.4 is 10.6 Å².